The molecule has 3 aromatic rings. The van der Waals surface area contributed by atoms with Crippen molar-refractivity contribution in [3.8, 4) is 33.8 Å². The average molecular weight is 308 g/mol. The Labute approximate surface area is 135 Å². The van der Waals surface area contributed by atoms with E-state index in [0.717, 1.165) is 5.56 Å². The molecule has 0 N–H and O–H groups in total. The van der Waals surface area contributed by atoms with E-state index in [1.165, 1.54) is 0 Å². The maximum atomic E-state index is 15.2. The highest BCUT2D eigenvalue weighted by Crippen LogP contribution is 2.41. The molecule has 0 bridgehead atoms. The molecular weight excluding hydrogens is 291 g/mol. The van der Waals surface area contributed by atoms with Crippen LogP contribution in [0.15, 0.2) is 66.7 Å². The van der Waals surface area contributed by atoms with Crippen LogP contribution in [0.4, 0.5) is 4.39 Å². The van der Waals surface area contributed by atoms with Crippen LogP contribution in [0, 0.1) is 5.82 Å². The minimum Gasteiger partial charge on any atom is -0.496 e. The van der Waals surface area contributed by atoms with Gasteiger partial charge in [-0.1, -0.05) is 54.6 Å². The van der Waals surface area contributed by atoms with Gasteiger partial charge in [-0.05, 0) is 17.7 Å². The summed E-state index contributed by atoms with van der Waals surface area (Å²) in [4.78, 5) is 0. The van der Waals surface area contributed by atoms with Crippen molar-refractivity contribution in [2.75, 3.05) is 14.2 Å². The van der Waals surface area contributed by atoms with Crippen molar-refractivity contribution in [1.82, 2.24) is 0 Å². The molecule has 2 nitrogen and oxygen atoms in total. The summed E-state index contributed by atoms with van der Waals surface area (Å²) < 4.78 is 26.0. The van der Waals surface area contributed by atoms with Crippen molar-refractivity contribution < 1.29 is 13.9 Å². The number of ether oxygens (including phenoxy) is 2. The average Bonchev–Trinajstić information content (AvgIpc) is 2.62. The Balaban J connectivity index is 2.23. The molecule has 0 fully saturated rings. The van der Waals surface area contributed by atoms with E-state index < -0.39 is 0 Å². The number of halogens is 1. The minimum atomic E-state index is -0.290. The van der Waals surface area contributed by atoms with E-state index in [0.29, 0.717) is 28.2 Å². The van der Waals surface area contributed by atoms with Crippen LogP contribution in [0.2, 0.25) is 0 Å². The lowest BCUT2D eigenvalue weighted by molar-refractivity contribution is 0.397. The number of benzene rings is 3. The van der Waals surface area contributed by atoms with Gasteiger partial charge in [0.15, 0.2) is 0 Å². The first-order chi connectivity index (χ1) is 11.3. The molecule has 116 valence electrons. The van der Waals surface area contributed by atoms with Gasteiger partial charge in [0.05, 0.1) is 19.8 Å². The molecule has 0 heterocycles. The third-order valence-corrected chi connectivity index (χ3v) is 3.78. The van der Waals surface area contributed by atoms with Crippen LogP contribution in [0.1, 0.15) is 0 Å². The molecule has 0 atom stereocenters. The van der Waals surface area contributed by atoms with Crippen molar-refractivity contribution >= 4 is 0 Å². The van der Waals surface area contributed by atoms with Crippen LogP contribution in [-0.4, -0.2) is 14.2 Å². The minimum absolute atomic E-state index is 0.290. The first-order valence-electron chi connectivity index (χ1n) is 7.31. The van der Waals surface area contributed by atoms with Crippen LogP contribution in [0.3, 0.4) is 0 Å². The highest BCUT2D eigenvalue weighted by molar-refractivity contribution is 5.81. The molecule has 0 unspecified atom stereocenters. The van der Waals surface area contributed by atoms with Crippen LogP contribution in [0.5, 0.6) is 11.5 Å². The summed E-state index contributed by atoms with van der Waals surface area (Å²) in [5.41, 5.74) is 2.46. The fourth-order valence-electron chi connectivity index (χ4n) is 2.68. The summed E-state index contributed by atoms with van der Waals surface area (Å²) >= 11 is 0. The van der Waals surface area contributed by atoms with Crippen LogP contribution < -0.4 is 9.47 Å². The van der Waals surface area contributed by atoms with Gasteiger partial charge >= 0.3 is 0 Å². The van der Waals surface area contributed by atoms with Gasteiger partial charge in [0.2, 0.25) is 0 Å². The third-order valence-electron chi connectivity index (χ3n) is 3.78. The van der Waals surface area contributed by atoms with E-state index in [-0.39, 0.29) is 5.82 Å². The zero-order valence-electron chi connectivity index (χ0n) is 13.0. The molecule has 0 aromatic heterocycles. The zero-order valence-corrected chi connectivity index (χ0v) is 13.0. The predicted molar refractivity (Wildman–Crippen MR) is 90.4 cm³/mol. The molecule has 3 heteroatoms. The van der Waals surface area contributed by atoms with E-state index in [1.807, 2.05) is 42.5 Å². The van der Waals surface area contributed by atoms with Crippen molar-refractivity contribution in [2.24, 2.45) is 0 Å². The summed E-state index contributed by atoms with van der Waals surface area (Å²) in [6, 6.07) is 20.2. The lowest BCUT2D eigenvalue weighted by Crippen LogP contribution is -1.96. The largest absolute Gasteiger partial charge is 0.496 e. The van der Waals surface area contributed by atoms with Crippen molar-refractivity contribution in [3.63, 3.8) is 0 Å². The molecule has 0 aliphatic carbocycles. The molecule has 0 radical (unpaired) electrons. The molecular formula is C20H17FO2. The third kappa shape index (κ3) is 2.78. The molecule has 0 saturated heterocycles. The van der Waals surface area contributed by atoms with E-state index in [4.69, 9.17) is 9.47 Å². The second-order valence-corrected chi connectivity index (χ2v) is 5.07. The lowest BCUT2D eigenvalue weighted by atomic mass is 9.97. The van der Waals surface area contributed by atoms with Crippen molar-refractivity contribution in [2.45, 2.75) is 0 Å². The Morgan fingerprint density at radius 1 is 0.652 bits per heavy atom. The zero-order chi connectivity index (χ0) is 16.2. The molecule has 0 aliphatic heterocycles. The quantitative estimate of drug-likeness (QED) is 0.661. The van der Waals surface area contributed by atoms with Crippen LogP contribution >= 0.6 is 0 Å². The smallest absolute Gasteiger partial charge is 0.139 e. The number of hydrogen-bond acceptors (Lipinski definition) is 2. The fourth-order valence-corrected chi connectivity index (χ4v) is 2.68. The van der Waals surface area contributed by atoms with Gasteiger partial charge in [0.25, 0.3) is 0 Å². The molecule has 0 amide bonds. The van der Waals surface area contributed by atoms with E-state index in [2.05, 4.69) is 0 Å². The monoisotopic (exact) mass is 308 g/mol. The van der Waals surface area contributed by atoms with Gasteiger partial charge < -0.3 is 9.47 Å². The van der Waals surface area contributed by atoms with Crippen LogP contribution in [-0.2, 0) is 0 Å². The Kier molecular flexibility index (Phi) is 4.29. The number of rotatable bonds is 4. The number of hydrogen-bond donors (Lipinski definition) is 0. The first-order valence-corrected chi connectivity index (χ1v) is 7.31. The highest BCUT2D eigenvalue weighted by Gasteiger charge is 2.18. The summed E-state index contributed by atoms with van der Waals surface area (Å²) in [7, 11) is 3.13. The molecule has 3 rings (SSSR count). The molecule has 0 spiro atoms. The Morgan fingerprint density at radius 2 is 1.22 bits per heavy atom. The maximum absolute atomic E-state index is 15.2. The van der Waals surface area contributed by atoms with Gasteiger partial charge in [-0.15, -0.1) is 0 Å². The van der Waals surface area contributed by atoms with Crippen LogP contribution in [0.25, 0.3) is 22.3 Å². The molecule has 0 aliphatic rings. The van der Waals surface area contributed by atoms with E-state index in [1.54, 1.807) is 38.5 Å². The summed E-state index contributed by atoms with van der Waals surface area (Å²) in [5, 5.41) is 0. The Bertz CT molecular complexity index is 791. The summed E-state index contributed by atoms with van der Waals surface area (Å²) in [5.74, 6) is 0.864. The van der Waals surface area contributed by atoms with Crippen molar-refractivity contribution in [1.29, 1.82) is 0 Å². The SMILES string of the molecule is COc1cccc(OC)c1-c1cccc(-c2ccccc2)c1F. The maximum Gasteiger partial charge on any atom is 0.139 e. The van der Waals surface area contributed by atoms with Gasteiger partial charge in [-0.3, -0.25) is 0 Å². The summed E-state index contributed by atoms with van der Waals surface area (Å²) in [6.07, 6.45) is 0. The van der Waals surface area contributed by atoms with Crippen molar-refractivity contribution in [3.05, 3.63) is 72.5 Å². The van der Waals surface area contributed by atoms with Gasteiger partial charge in [0.1, 0.15) is 17.3 Å². The Morgan fingerprint density at radius 3 is 1.83 bits per heavy atom. The second kappa shape index (κ2) is 6.53. The first kappa shape index (κ1) is 15.1. The van der Waals surface area contributed by atoms with Gasteiger partial charge in [-0.25, -0.2) is 4.39 Å². The van der Waals surface area contributed by atoms with Gasteiger partial charge in [-0.2, -0.15) is 0 Å². The Hall–Kier alpha value is -2.81. The topological polar surface area (TPSA) is 18.5 Å². The van der Waals surface area contributed by atoms with E-state index >= 15 is 4.39 Å². The lowest BCUT2D eigenvalue weighted by Gasteiger charge is -2.15. The second-order valence-electron chi connectivity index (χ2n) is 5.07. The fraction of sp³-hybridized carbons (Fsp3) is 0.100. The molecule has 23 heavy (non-hydrogen) atoms. The summed E-state index contributed by atoms with van der Waals surface area (Å²) in [6.45, 7) is 0. The van der Waals surface area contributed by atoms with Gasteiger partial charge in [0, 0.05) is 11.1 Å². The standard InChI is InChI=1S/C20H17FO2/c1-22-17-12-7-13-18(23-2)19(17)16-11-6-10-15(20(16)21)14-8-4-3-5-9-14/h3-13H,1-2H3. The molecule has 0 saturated carbocycles. The normalized spacial score (nSPS) is 10.4. The molecule has 3 aromatic carbocycles. The number of methoxy groups -OCH3 is 2. The highest BCUT2D eigenvalue weighted by atomic mass is 19.1. The van der Waals surface area contributed by atoms with E-state index in [9.17, 15) is 0 Å². The predicted octanol–water partition coefficient (Wildman–Crippen LogP) is 5.18.